The van der Waals surface area contributed by atoms with E-state index in [0.29, 0.717) is 19.1 Å². The number of carbonyl (C=O) groups is 1. The molecule has 1 heterocycles. The molecule has 3 rings (SSSR count). The topological polar surface area (TPSA) is 66.0 Å². The average molecular weight is 472 g/mol. The van der Waals surface area contributed by atoms with Gasteiger partial charge in [0.05, 0.1) is 19.2 Å². The van der Waals surface area contributed by atoms with E-state index in [1.807, 2.05) is 6.92 Å². The van der Waals surface area contributed by atoms with Gasteiger partial charge in [-0.15, -0.1) is 24.0 Å². The second-order valence-corrected chi connectivity index (χ2v) is 6.53. The number of para-hydroxylation sites is 1. The zero-order valence-electron chi connectivity index (χ0n) is 15.5. The number of anilines is 1. The highest BCUT2D eigenvalue weighted by molar-refractivity contribution is 14.0. The van der Waals surface area contributed by atoms with Crippen LogP contribution in [0.2, 0.25) is 0 Å². The van der Waals surface area contributed by atoms with Gasteiger partial charge in [-0.2, -0.15) is 0 Å². The van der Waals surface area contributed by atoms with E-state index in [1.165, 1.54) is 11.3 Å². The first-order chi connectivity index (χ1) is 12.2. The predicted octanol–water partition coefficient (Wildman–Crippen LogP) is 3.16. The van der Waals surface area contributed by atoms with Crippen molar-refractivity contribution in [1.82, 2.24) is 10.6 Å². The van der Waals surface area contributed by atoms with Crippen LogP contribution in [0.15, 0.2) is 29.3 Å². The second-order valence-electron chi connectivity index (χ2n) is 6.53. The highest BCUT2D eigenvalue weighted by Crippen LogP contribution is 2.33. The van der Waals surface area contributed by atoms with E-state index in [4.69, 9.17) is 9.73 Å². The second kappa shape index (κ2) is 9.99. The molecule has 1 aliphatic carbocycles. The molecule has 1 amide bonds. The Balaban J connectivity index is 0.00000243. The molecule has 1 saturated carbocycles. The van der Waals surface area contributed by atoms with Crippen LogP contribution in [0.25, 0.3) is 0 Å². The lowest BCUT2D eigenvalue weighted by Crippen LogP contribution is -2.43. The average Bonchev–Trinajstić information content (AvgIpc) is 3.37. The van der Waals surface area contributed by atoms with Crippen LogP contribution >= 0.6 is 24.0 Å². The van der Waals surface area contributed by atoms with Crippen molar-refractivity contribution in [3.05, 3.63) is 29.8 Å². The summed E-state index contributed by atoms with van der Waals surface area (Å²) in [5, 5.41) is 6.36. The first-order valence-electron chi connectivity index (χ1n) is 9.30. The Labute approximate surface area is 172 Å². The van der Waals surface area contributed by atoms with Crippen LogP contribution in [0.3, 0.4) is 0 Å². The highest BCUT2D eigenvalue weighted by atomic mass is 127. The molecule has 6 nitrogen and oxygen atoms in total. The van der Waals surface area contributed by atoms with E-state index < -0.39 is 0 Å². The van der Waals surface area contributed by atoms with Crippen molar-refractivity contribution >= 4 is 41.7 Å². The number of carbonyl (C=O) groups excluding carboxylic acids is 1. The lowest BCUT2D eigenvalue weighted by molar-refractivity contribution is 0.147. The van der Waals surface area contributed by atoms with E-state index in [0.717, 1.165) is 38.3 Å². The van der Waals surface area contributed by atoms with Crippen molar-refractivity contribution in [1.29, 1.82) is 0 Å². The summed E-state index contributed by atoms with van der Waals surface area (Å²) in [6.07, 6.45) is 2.99. The van der Waals surface area contributed by atoms with Gasteiger partial charge in [0.2, 0.25) is 0 Å². The number of ether oxygens (including phenoxy) is 1. The summed E-state index contributed by atoms with van der Waals surface area (Å²) in [4.78, 5) is 18.8. The third-order valence-electron chi connectivity index (χ3n) is 4.69. The molecule has 2 aliphatic rings. The fourth-order valence-corrected chi connectivity index (χ4v) is 3.27. The maximum absolute atomic E-state index is 11.8. The molecule has 1 unspecified atom stereocenters. The Kier molecular flexibility index (Phi) is 7.99. The van der Waals surface area contributed by atoms with Crippen molar-refractivity contribution in [2.45, 2.75) is 39.2 Å². The van der Waals surface area contributed by atoms with Gasteiger partial charge in [-0.25, -0.2) is 4.79 Å². The summed E-state index contributed by atoms with van der Waals surface area (Å²) >= 11 is 0. The molecule has 144 valence electrons. The van der Waals surface area contributed by atoms with Crippen LogP contribution in [0.1, 0.15) is 32.3 Å². The highest BCUT2D eigenvalue weighted by Gasteiger charge is 2.33. The lowest BCUT2D eigenvalue weighted by Gasteiger charge is -2.23. The summed E-state index contributed by atoms with van der Waals surface area (Å²) in [5.74, 6) is 1.41. The number of nitrogens with one attached hydrogen (secondary N) is 2. The minimum absolute atomic E-state index is 0. The summed E-state index contributed by atoms with van der Waals surface area (Å²) in [6, 6.07) is 8.51. The van der Waals surface area contributed by atoms with Gasteiger partial charge in [-0.3, -0.25) is 4.99 Å². The molecule has 26 heavy (non-hydrogen) atoms. The molecule has 0 bridgehead atoms. The minimum atomic E-state index is -0.342. The molecule has 7 heteroatoms. The van der Waals surface area contributed by atoms with Crippen LogP contribution in [-0.2, 0) is 11.2 Å². The molecule has 0 radical (unpaired) electrons. The normalized spacial score (nSPS) is 17.2. The fourth-order valence-electron chi connectivity index (χ4n) is 3.27. The van der Waals surface area contributed by atoms with Gasteiger partial charge < -0.3 is 20.3 Å². The number of rotatable bonds is 6. The van der Waals surface area contributed by atoms with Gasteiger partial charge in [-0.05, 0) is 50.7 Å². The van der Waals surface area contributed by atoms with E-state index in [-0.39, 0.29) is 36.1 Å². The smallest absolute Gasteiger partial charge is 0.407 e. The largest absolute Gasteiger partial charge is 0.450 e. The summed E-state index contributed by atoms with van der Waals surface area (Å²) in [6.45, 7) is 6.61. The zero-order valence-corrected chi connectivity index (χ0v) is 17.9. The van der Waals surface area contributed by atoms with Crippen LogP contribution in [0.4, 0.5) is 10.5 Å². The Morgan fingerprint density at radius 3 is 2.81 bits per heavy atom. The lowest BCUT2D eigenvalue weighted by atomic mass is 10.2. The molecule has 0 aromatic heterocycles. The monoisotopic (exact) mass is 472 g/mol. The Bertz CT molecular complexity index is 634. The Morgan fingerprint density at radius 1 is 1.35 bits per heavy atom. The van der Waals surface area contributed by atoms with Gasteiger partial charge in [0, 0.05) is 18.8 Å². The number of hydrogen-bond donors (Lipinski definition) is 2. The molecular weight excluding hydrogens is 443 g/mol. The third kappa shape index (κ3) is 5.25. The van der Waals surface area contributed by atoms with Crippen LogP contribution in [0.5, 0.6) is 0 Å². The molecule has 2 N–H and O–H groups in total. The standard InChI is InChI=1S/C19H28N4O2.HI/c1-3-20-18(23-12-11-15-7-5-6-8-17(15)23)21-13-16(14-9-10-14)22-19(24)25-4-2;/h5-8,14,16H,3-4,9-13H2,1-2H3,(H,20,21)(H,22,24);1H. The van der Waals surface area contributed by atoms with E-state index in [2.05, 4.69) is 46.7 Å². The maximum Gasteiger partial charge on any atom is 0.407 e. The number of alkyl carbamates (subject to hydrolysis) is 1. The quantitative estimate of drug-likeness (QED) is 0.380. The number of amides is 1. The maximum atomic E-state index is 11.8. The fraction of sp³-hybridized carbons (Fsp3) is 0.579. The number of nitrogens with zero attached hydrogens (tertiary/aromatic N) is 2. The summed E-state index contributed by atoms with van der Waals surface area (Å²) < 4.78 is 5.03. The molecule has 1 aliphatic heterocycles. The Hall–Kier alpha value is -1.51. The number of benzene rings is 1. The van der Waals surface area contributed by atoms with Crippen LogP contribution in [-0.4, -0.2) is 44.3 Å². The molecule has 0 saturated heterocycles. The molecule has 0 spiro atoms. The van der Waals surface area contributed by atoms with Gasteiger partial charge in [0.15, 0.2) is 5.96 Å². The zero-order chi connectivity index (χ0) is 17.6. The van der Waals surface area contributed by atoms with Gasteiger partial charge in [0.25, 0.3) is 0 Å². The summed E-state index contributed by atoms with van der Waals surface area (Å²) in [7, 11) is 0. The van der Waals surface area contributed by atoms with Crippen molar-refractivity contribution in [2.75, 3.05) is 31.1 Å². The number of guanidine groups is 1. The van der Waals surface area contributed by atoms with Gasteiger partial charge in [-0.1, -0.05) is 18.2 Å². The SMILES string of the molecule is CCNC(=NCC(NC(=O)OCC)C1CC1)N1CCc2ccccc21.I. The molecule has 1 fully saturated rings. The predicted molar refractivity (Wildman–Crippen MR) is 116 cm³/mol. The first kappa shape index (κ1) is 20.8. The van der Waals surface area contributed by atoms with E-state index in [1.54, 1.807) is 0 Å². The van der Waals surface area contributed by atoms with Crippen molar-refractivity contribution in [2.24, 2.45) is 10.9 Å². The van der Waals surface area contributed by atoms with Crippen molar-refractivity contribution < 1.29 is 9.53 Å². The van der Waals surface area contributed by atoms with Crippen LogP contribution in [0, 0.1) is 5.92 Å². The molecular formula is C19H29IN4O2. The third-order valence-corrected chi connectivity index (χ3v) is 4.69. The number of halogens is 1. The summed E-state index contributed by atoms with van der Waals surface area (Å²) in [5.41, 5.74) is 2.58. The first-order valence-corrected chi connectivity index (χ1v) is 9.30. The van der Waals surface area contributed by atoms with Gasteiger partial charge in [0.1, 0.15) is 0 Å². The number of fused-ring (bicyclic) bond motifs is 1. The van der Waals surface area contributed by atoms with Crippen molar-refractivity contribution in [3.63, 3.8) is 0 Å². The molecule has 1 aromatic rings. The van der Waals surface area contributed by atoms with Gasteiger partial charge >= 0.3 is 6.09 Å². The number of aliphatic imine (C=N–C) groups is 1. The van der Waals surface area contributed by atoms with E-state index >= 15 is 0 Å². The van der Waals surface area contributed by atoms with Crippen molar-refractivity contribution in [3.8, 4) is 0 Å². The van der Waals surface area contributed by atoms with Crippen LogP contribution < -0.4 is 15.5 Å². The number of hydrogen-bond acceptors (Lipinski definition) is 3. The Morgan fingerprint density at radius 2 is 2.12 bits per heavy atom. The minimum Gasteiger partial charge on any atom is -0.450 e. The molecule has 1 aromatic carbocycles. The molecule has 1 atom stereocenters. The van der Waals surface area contributed by atoms with E-state index in [9.17, 15) is 4.79 Å².